The molecule has 0 atom stereocenters. The molecule has 1 aromatic carbocycles. The Kier molecular flexibility index (Phi) is 3.03. The Morgan fingerprint density at radius 3 is 2.67 bits per heavy atom. The van der Waals surface area contributed by atoms with Crippen LogP contribution in [0.25, 0.3) is 0 Å². The molecule has 0 N–H and O–H groups in total. The SMILES string of the molecule is O=C(Oc1ccccc1Br)N1CC2(C1)C[S+]([O-])C2. The van der Waals surface area contributed by atoms with E-state index in [-0.39, 0.29) is 11.5 Å². The van der Waals surface area contributed by atoms with Crippen molar-refractivity contribution in [1.29, 1.82) is 0 Å². The first kappa shape index (κ1) is 12.3. The van der Waals surface area contributed by atoms with E-state index in [1.807, 2.05) is 18.2 Å². The molecular formula is C12H12BrNO3S. The number of carbonyl (C=O) groups is 1. The lowest BCUT2D eigenvalue weighted by Crippen LogP contribution is -2.69. The zero-order valence-corrected chi connectivity index (χ0v) is 12.0. The van der Waals surface area contributed by atoms with Crippen LogP contribution in [0.1, 0.15) is 0 Å². The monoisotopic (exact) mass is 329 g/mol. The van der Waals surface area contributed by atoms with Gasteiger partial charge in [0.2, 0.25) is 0 Å². The number of carbonyl (C=O) groups excluding carboxylic acids is 1. The summed E-state index contributed by atoms with van der Waals surface area (Å²) >= 11 is 2.67. The third-order valence-electron chi connectivity index (χ3n) is 3.28. The Morgan fingerprint density at radius 1 is 1.39 bits per heavy atom. The molecule has 1 spiro atoms. The minimum Gasteiger partial charge on any atom is -0.616 e. The van der Waals surface area contributed by atoms with Gasteiger partial charge < -0.3 is 14.2 Å². The van der Waals surface area contributed by atoms with Crippen LogP contribution in [-0.2, 0) is 11.2 Å². The van der Waals surface area contributed by atoms with E-state index in [2.05, 4.69) is 15.9 Å². The smallest absolute Gasteiger partial charge is 0.415 e. The van der Waals surface area contributed by atoms with Crippen LogP contribution in [-0.4, -0.2) is 40.1 Å². The van der Waals surface area contributed by atoms with Gasteiger partial charge in [-0.1, -0.05) is 23.3 Å². The average molecular weight is 330 g/mol. The standard InChI is InChI=1S/C12H12BrNO3S/c13-9-3-1-2-4-10(9)17-11(15)14-5-12(6-14)7-18(16)8-12/h1-4H,5-8H2. The largest absolute Gasteiger partial charge is 0.616 e. The number of rotatable bonds is 1. The van der Waals surface area contributed by atoms with Gasteiger partial charge in [-0.2, -0.15) is 0 Å². The van der Waals surface area contributed by atoms with Crippen LogP contribution < -0.4 is 4.74 Å². The number of hydrogen-bond donors (Lipinski definition) is 0. The first-order chi connectivity index (χ1) is 8.58. The molecule has 96 valence electrons. The summed E-state index contributed by atoms with van der Waals surface area (Å²) in [5.74, 6) is 1.98. The van der Waals surface area contributed by atoms with Gasteiger partial charge in [0.25, 0.3) is 0 Å². The van der Waals surface area contributed by atoms with Crippen molar-refractivity contribution in [3.8, 4) is 5.75 Å². The summed E-state index contributed by atoms with van der Waals surface area (Å²) < 4.78 is 17.2. The van der Waals surface area contributed by atoms with Crippen molar-refractivity contribution in [2.24, 2.45) is 5.41 Å². The molecular weight excluding hydrogens is 318 g/mol. The lowest BCUT2D eigenvalue weighted by Gasteiger charge is -2.53. The highest BCUT2D eigenvalue weighted by Gasteiger charge is 2.58. The molecule has 18 heavy (non-hydrogen) atoms. The number of benzene rings is 1. The van der Waals surface area contributed by atoms with Crippen LogP contribution in [0.15, 0.2) is 28.7 Å². The molecule has 2 aliphatic rings. The van der Waals surface area contributed by atoms with Gasteiger partial charge in [0.1, 0.15) is 17.3 Å². The zero-order chi connectivity index (χ0) is 12.8. The van der Waals surface area contributed by atoms with Gasteiger partial charge in [-0.05, 0) is 28.1 Å². The molecule has 0 unspecified atom stereocenters. The van der Waals surface area contributed by atoms with Gasteiger partial charge in [-0.3, -0.25) is 0 Å². The van der Waals surface area contributed by atoms with Crippen molar-refractivity contribution in [2.75, 3.05) is 24.6 Å². The third-order valence-corrected chi connectivity index (χ3v) is 5.80. The van der Waals surface area contributed by atoms with Crippen molar-refractivity contribution >= 4 is 33.2 Å². The predicted octanol–water partition coefficient (Wildman–Crippen LogP) is 2.01. The molecule has 2 heterocycles. The molecule has 2 fully saturated rings. The maximum absolute atomic E-state index is 11.9. The minimum atomic E-state index is -0.666. The van der Waals surface area contributed by atoms with Gasteiger partial charge in [0.05, 0.1) is 9.89 Å². The number of hydrogen-bond acceptors (Lipinski definition) is 3. The number of nitrogens with zero attached hydrogens (tertiary/aromatic N) is 1. The lowest BCUT2D eigenvalue weighted by atomic mass is 9.83. The molecule has 1 aromatic rings. The van der Waals surface area contributed by atoms with Gasteiger partial charge in [-0.15, -0.1) is 0 Å². The van der Waals surface area contributed by atoms with Gasteiger partial charge in [0.15, 0.2) is 0 Å². The highest BCUT2D eigenvalue weighted by atomic mass is 79.9. The molecule has 4 nitrogen and oxygen atoms in total. The van der Waals surface area contributed by atoms with E-state index < -0.39 is 11.2 Å². The first-order valence-electron chi connectivity index (χ1n) is 5.64. The maximum Gasteiger partial charge on any atom is 0.415 e. The number of ether oxygens (including phenoxy) is 1. The van der Waals surface area contributed by atoms with Crippen molar-refractivity contribution in [3.05, 3.63) is 28.7 Å². The summed E-state index contributed by atoms with van der Waals surface area (Å²) in [4.78, 5) is 13.5. The Hall–Kier alpha value is -0.720. The molecule has 0 aliphatic carbocycles. The summed E-state index contributed by atoms with van der Waals surface area (Å²) in [5.41, 5.74) is 0.123. The van der Waals surface area contributed by atoms with E-state index in [0.717, 1.165) is 16.0 Å². The van der Waals surface area contributed by atoms with Gasteiger partial charge in [0, 0.05) is 13.1 Å². The Morgan fingerprint density at radius 2 is 2.06 bits per heavy atom. The third kappa shape index (κ3) is 2.13. The minimum absolute atomic E-state index is 0.123. The molecule has 2 aliphatic heterocycles. The number of amides is 1. The maximum atomic E-state index is 11.9. The van der Waals surface area contributed by atoms with Crippen LogP contribution in [0.3, 0.4) is 0 Å². The van der Waals surface area contributed by atoms with Crippen molar-refractivity contribution in [1.82, 2.24) is 4.90 Å². The van der Waals surface area contributed by atoms with Crippen LogP contribution in [0.2, 0.25) is 0 Å². The fourth-order valence-corrected chi connectivity index (χ4v) is 4.41. The molecule has 0 bridgehead atoms. The van der Waals surface area contributed by atoms with Crippen molar-refractivity contribution < 1.29 is 14.1 Å². The summed E-state index contributed by atoms with van der Waals surface area (Å²) in [6.07, 6.45) is -0.329. The number of para-hydroxylation sites is 1. The Labute approximate surface area is 117 Å². The fourth-order valence-electron chi connectivity index (χ4n) is 2.40. The molecule has 6 heteroatoms. The predicted molar refractivity (Wildman–Crippen MR) is 72.0 cm³/mol. The molecule has 3 rings (SSSR count). The fraction of sp³-hybridized carbons (Fsp3) is 0.417. The van der Waals surface area contributed by atoms with Crippen LogP contribution in [0.5, 0.6) is 5.75 Å². The van der Waals surface area contributed by atoms with Crippen LogP contribution in [0.4, 0.5) is 4.79 Å². The topological polar surface area (TPSA) is 52.6 Å². The van der Waals surface area contributed by atoms with E-state index in [4.69, 9.17) is 4.74 Å². The normalized spacial score (nSPS) is 21.3. The number of halogens is 1. The second-order valence-electron chi connectivity index (χ2n) is 4.88. The second kappa shape index (κ2) is 4.43. The molecule has 1 amide bonds. The molecule has 0 radical (unpaired) electrons. The van der Waals surface area contributed by atoms with Crippen LogP contribution >= 0.6 is 15.9 Å². The Bertz CT molecular complexity index is 482. The van der Waals surface area contributed by atoms with Crippen LogP contribution in [0, 0.1) is 5.41 Å². The lowest BCUT2D eigenvalue weighted by molar-refractivity contribution is 0.0340. The highest BCUT2D eigenvalue weighted by molar-refractivity contribution is 9.10. The first-order valence-corrected chi connectivity index (χ1v) is 7.92. The summed E-state index contributed by atoms with van der Waals surface area (Å²) in [6.45, 7) is 1.34. The quantitative estimate of drug-likeness (QED) is 0.740. The van der Waals surface area contributed by atoms with Crippen molar-refractivity contribution in [2.45, 2.75) is 0 Å². The van der Waals surface area contributed by atoms with E-state index in [1.54, 1.807) is 11.0 Å². The van der Waals surface area contributed by atoms with E-state index in [0.29, 0.717) is 18.8 Å². The van der Waals surface area contributed by atoms with E-state index >= 15 is 0 Å². The number of likely N-dealkylation sites (tertiary alicyclic amines) is 1. The summed E-state index contributed by atoms with van der Waals surface area (Å²) in [6, 6.07) is 7.26. The Balaban J connectivity index is 1.56. The van der Waals surface area contributed by atoms with Crippen molar-refractivity contribution in [3.63, 3.8) is 0 Å². The zero-order valence-electron chi connectivity index (χ0n) is 9.60. The highest BCUT2D eigenvalue weighted by Crippen LogP contribution is 2.41. The molecule has 2 saturated heterocycles. The average Bonchev–Trinajstić information content (AvgIpc) is 2.24. The van der Waals surface area contributed by atoms with Gasteiger partial charge in [-0.25, -0.2) is 4.79 Å². The molecule has 0 saturated carbocycles. The van der Waals surface area contributed by atoms with E-state index in [9.17, 15) is 9.35 Å². The second-order valence-corrected chi connectivity index (χ2v) is 7.19. The summed E-state index contributed by atoms with van der Waals surface area (Å²) in [5, 5.41) is 0. The molecule has 0 aromatic heterocycles. The summed E-state index contributed by atoms with van der Waals surface area (Å²) in [7, 11) is 0. The van der Waals surface area contributed by atoms with Gasteiger partial charge >= 0.3 is 6.09 Å². The van der Waals surface area contributed by atoms with E-state index in [1.165, 1.54) is 0 Å².